The van der Waals surface area contributed by atoms with Crippen molar-refractivity contribution in [1.29, 1.82) is 0 Å². The minimum atomic E-state index is -0.333. The Balaban J connectivity index is 1.66. The summed E-state index contributed by atoms with van der Waals surface area (Å²) in [7, 11) is 0. The SMILES string of the molecule is C[C@H](CCc1ccccc1)NC(=O)C1(c2ccccc2)CCCCC1. The van der Waals surface area contributed by atoms with Gasteiger partial charge in [0.05, 0.1) is 5.41 Å². The van der Waals surface area contributed by atoms with Gasteiger partial charge in [-0.25, -0.2) is 0 Å². The molecule has 0 radical (unpaired) electrons. The van der Waals surface area contributed by atoms with E-state index in [1.165, 1.54) is 17.5 Å². The number of hydrogen-bond donors (Lipinski definition) is 1. The van der Waals surface area contributed by atoms with Gasteiger partial charge in [-0.15, -0.1) is 0 Å². The molecule has 1 aliphatic rings. The van der Waals surface area contributed by atoms with Crippen molar-refractivity contribution in [1.82, 2.24) is 5.32 Å². The smallest absolute Gasteiger partial charge is 0.230 e. The van der Waals surface area contributed by atoms with Crippen LogP contribution in [0.4, 0.5) is 0 Å². The van der Waals surface area contributed by atoms with Crippen LogP contribution in [0.2, 0.25) is 0 Å². The second-order valence-electron chi connectivity index (χ2n) is 7.41. The van der Waals surface area contributed by atoms with E-state index in [0.717, 1.165) is 38.5 Å². The van der Waals surface area contributed by atoms with Gasteiger partial charge in [-0.2, -0.15) is 0 Å². The van der Waals surface area contributed by atoms with Crippen LogP contribution in [-0.4, -0.2) is 11.9 Å². The highest BCUT2D eigenvalue weighted by molar-refractivity contribution is 5.88. The molecule has 0 aliphatic heterocycles. The Labute approximate surface area is 151 Å². The fourth-order valence-electron chi connectivity index (χ4n) is 4.02. The number of benzene rings is 2. The van der Waals surface area contributed by atoms with Crippen LogP contribution in [0, 0.1) is 0 Å². The molecule has 0 aromatic heterocycles. The molecule has 0 unspecified atom stereocenters. The van der Waals surface area contributed by atoms with Gasteiger partial charge in [-0.05, 0) is 43.7 Å². The summed E-state index contributed by atoms with van der Waals surface area (Å²) in [6.07, 6.45) is 7.43. The molecular weight excluding hydrogens is 306 g/mol. The Morgan fingerprint density at radius 2 is 1.56 bits per heavy atom. The quantitative estimate of drug-likeness (QED) is 0.788. The van der Waals surface area contributed by atoms with Crippen molar-refractivity contribution >= 4 is 5.91 Å². The molecule has 0 heterocycles. The Morgan fingerprint density at radius 3 is 2.20 bits per heavy atom. The van der Waals surface area contributed by atoms with Gasteiger partial charge in [0.2, 0.25) is 5.91 Å². The molecule has 1 N–H and O–H groups in total. The van der Waals surface area contributed by atoms with Gasteiger partial charge in [-0.3, -0.25) is 4.79 Å². The Bertz CT molecular complexity index is 659. The minimum Gasteiger partial charge on any atom is -0.353 e. The molecule has 2 aromatic carbocycles. The molecule has 1 saturated carbocycles. The van der Waals surface area contributed by atoms with Crippen LogP contribution < -0.4 is 5.32 Å². The van der Waals surface area contributed by atoms with Crippen LogP contribution in [0.25, 0.3) is 0 Å². The third-order valence-corrected chi connectivity index (χ3v) is 5.55. The normalized spacial score (nSPS) is 17.6. The van der Waals surface area contributed by atoms with Gasteiger partial charge in [-0.1, -0.05) is 79.9 Å². The van der Waals surface area contributed by atoms with E-state index in [-0.39, 0.29) is 17.4 Å². The van der Waals surface area contributed by atoms with Crippen LogP contribution in [0.15, 0.2) is 60.7 Å². The first-order valence-electron chi connectivity index (χ1n) is 9.61. The maximum absolute atomic E-state index is 13.2. The molecule has 1 fully saturated rings. The van der Waals surface area contributed by atoms with Gasteiger partial charge in [0.1, 0.15) is 0 Å². The molecule has 1 amide bonds. The van der Waals surface area contributed by atoms with E-state index in [9.17, 15) is 4.79 Å². The number of hydrogen-bond acceptors (Lipinski definition) is 1. The van der Waals surface area contributed by atoms with Gasteiger partial charge < -0.3 is 5.32 Å². The molecule has 132 valence electrons. The summed E-state index contributed by atoms with van der Waals surface area (Å²) in [4.78, 5) is 13.2. The molecule has 0 saturated heterocycles. The van der Waals surface area contributed by atoms with E-state index in [0.29, 0.717) is 0 Å². The minimum absolute atomic E-state index is 0.190. The Hall–Kier alpha value is -2.09. The molecule has 1 aliphatic carbocycles. The van der Waals surface area contributed by atoms with E-state index in [4.69, 9.17) is 0 Å². The van der Waals surface area contributed by atoms with E-state index in [2.05, 4.69) is 60.8 Å². The van der Waals surface area contributed by atoms with Crippen LogP contribution in [0.5, 0.6) is 0 Å². The summed E-state index contributed by atoms with van der Waals surface area (Å²) in [5, 5.41) is 3.32. The maximum atomic E-state index is 13.2. The zero-order valence-corrected chi connectivity index (χ0v) is 15.2. The fourth-order valence-corrected chi connectivity index (χ4v) is 4.02. The van der Waals surface area contributed by atoms with Gasteiger partial charge in [0.15, 0.2) is 0 Å². The highest BCUT2D eigenvalue weighted by Crippen LogP contribution is 2.39. The Kier molecular flexibility index (Phi) is 5.91. The standard InChI is InChI=1S/C23H29NO/c1-19(15-16-20-11-5-2-6-12-20)24-22(25)23(17-9-4-10-18-23)21-13-7-3-8-14-21/h2-3,5-8,11-14,19H,4,9-10,15-18H2,1H3,(H,24,25)/t19-/m1/s1. The maximum Gasteiger partial charge on any atom is 0.230 e. The van der Waals surface area contributed by atoms with E-state index >= 15 is 0 Å². The number of carbonyl (C=O) groups excluding carboxylic acids is 1. The zero-order valence-electron chi connectivity index (χ0n) is 15.2. The van der Waals surface area contributed by atoms with Crippen molar-refractivity contribution < 1.29 is 4.79 Å². The molecule has 2 nitrogen and oxygen atoms in total. The summed E-state index contributed by atoms with van der Waals surface area (Å²) >= 11 is 0. The van der Waals surface area contributed by atoms with Crippen molar-refractivity contribution in [3.05, 3.63) is 71.8 Å². The summed E-state index contributed by atoms with van der Waals surface area (Å²) < 4.78 is 0. The van der Waals surface area contributed by atoms with Crippen LogP contribution >= 0.6 is 0 Å². The van der Waals surface area contributed by atoms with Crippen LogP contribution in [0.1, 0.15) is 56.6 Å². The lowest BCUT2D eigenvalue weighted by Crippen LogP contribution is -2.48. The predicted molar refractivity (Wildman–Crippen MR) is 104 cm³/mol. The van der Waals surface area contributed by atoms with E-state index in [1.54, 1.807) is 0 Å². The van der Waals surface area contributed by atoms with Gasteiger partial charge >= 0.3 is 0 Å². The molecule has 1 atom stereocenters. The monoisotopic (exact) mass is 335 g/mol. The van der Waals surface area contributed by atoms with Gasteiger partial charge in [0, 0.05) is 6.04 Å². The second kappa shape index (κ2) is 8.33. The Morgan fingerprint density at radius 1 is 0.960 bits per heavy atom. The summed E-state index contributed by atoms with van der Waals surface area (Å²) in [6.45, 7) is 2.13. The van der Waals surface area contributed by atoms with Gasteiger partial charge in [0.25, 0.3) is 0 Å². The van der Waals surface area contributed by atoms with Crippen molar-refractivity contribution in [2.75, 3.05) is 0 Å². The number of amides is 1. The second-order valence-corrected chi connectivity index (χ2v) is 7.41. The summed E-state index contributed by atoms with van der Waals surface area (Å²) in [5.41, 5.74) is 2.18. The number of carbonyl (C=O) groups is 1. The van der Waals surface area contributed by atoms with Crippen molar-refractivity contribution in [3.63, 3.8) is 0 Å². The predicted octanol–water partition coefficient (Wildman–Crippen LogP) is 5.03. The molecule has 0 bridgehead atoms. The van der Waals surface area contributed by atoms with E-state index < -0.39 is 0 Å². The molecule has 25 heavy (non-hydrogen) atoms. The molecule has 2 aromatic rings. The lowest BCUT2D eigenvalue weighted by atomic mass is 9.68. The first-order chi connectivity index (χ1) is 12.2. The number of nitrogens with one attached hydrogen (secondary N) is 1. The summed E-state index contributed by atoms with van der Waals surface area (Å²) in [5.74, 6) is 0.221. The van der Waals surface area contributed by atoms with E-state index in [1.807, 2.05) is 12.1 Å². The lowest BCUT2D eigenvalue weighted by Gasteiger charge is -2.37. The lowest BCUT2D eigenvalue weighted by molar-refractivity contribution is -0.128. The van der Waals surface area contributed by atoms with Crippen molar-refractivity contribution in [3.8, 4) is 0 Å². The van der Waals surface area contributed by atoms with Crippen LogP contribution in [0.3, 0.4) is 0 Å². The first-order valence-corrected chi connectivity index (χ1v) is 9.61. The molecular formula is C23H29NO. The number of aryl methyl sites for hydroxylation is 1. The third-order valence-electron chi connectivity index (χ3n) is 5.55. The molecule has 0 spiro atoms. The summed E-state index contributed by atoms with van der Waals surface area (Å²) in [6, 6.07) is 21.1. The first kappa shape index (κ1) is 17.7. The third kappa shape index (κ3) is 4.31. The largest absolute Gasteiger partial charge is 0.353 e. The zero-order chi connectivity index (χ0) is 17.5. The number of rotatable bonds is 6. The molecule has 2 heteroatoms. The highest BCUT2D eigenvalue weighted by atomic mass is 16.2. The van der Waals surface area contributed by atoms with Crippen molar-refractivity contribution in [2.24, 2.45) is 0 Å². The average Bonchev–Trinajstić information content (AvgIpc) is 2.68. The topological polar surface area (TPSA) is 29.1 Å². The fraction of sp³-hybridized carbons (Fsp3) is 0.435. The van der Waals surface area contributed by atoms with Crippen LogP contribution in [-0.2, 0) is 16.6 Å². The highest BCUT2D eigenvalue weighted by Gasteiger charge is 2.41. The average molecular weight is 335 g/mol. The molecule has 3 rings (SSSR count). The van der Waals surface area contributed by atoms with Crippen molar-refractivity contribution in [2.45, 2.75) is 63.3 Å².